The van der Waals surface area contributed by atoms with Gasteiger partial charge < -0.3 is 4.42 Å². The third-order valence-corrected chi connectivity index (χ3v) is 2.38. The number of nitrogens with zero attached hydrogens (tertiary/aromatic N) is 3. The van der Waals surface area contributed by atoms with Crippen LogP contribution in [0.5, 0.6) is 0 Å². The first-order valence-electron chi connectivity index (χ1n) is 4.45. The SMILES string of the molecule is N#Cc1cc2cn[nH]c2c2c(=O)ocnc12. The van der Waals surface area contributed by atoms with E-state index in [2.05, 4.69) is 15.2 Å². The Labute approximate surface area is 88.1 Å². The molecule has 0 bridgehead atoms. The van der Waals surface area contributed by atoms with Gasteiger partial charge in [0.25, 0.3) is 0 Å². The Bertz CT molecular complexity index is 794. The van der Waals surface area contributed by atoms with E-state index in [0.29, 0.717) is 22.0 Å². The van der Waals surface area contributed by atoms with Crippen molar-refractivity contribution in [2.24, 2.45) is 0 Å². The topological polar surface area (TPSA) is 95.6 Å². The minimum Gasteiger partial charge on any atom is -0.411 e. The monoisotopic (exact) mass is 212 g/mol. The molecule has 0 aliphatic carbocycles. The van der Waals surface area contributed by atoms with E-state index in [1.165, 1.54) is 0 Å². The lowest BCUT2D eigenvalue weighted by Crippen LogP contribution is -2.02. The standard InChI is InChI=1S/C10H4N4O2/c11-2-5-1-6-3-13-14-9(6)7-8(5)12-4-16-10(7)15/h1,3-4H,(H,13,14). The van der Waals surface area contributed by atoms with Crippen LogP contribution in [0.1, 0.15) is 5.56 Å². The maximum atomic E-state index is 11.6. The maximum absolute atomic E-state index is 11.6. The van der Waals surface area contributed by atoms with Crippen molar-refractivity contribution < 1.29 is 4.42 Å². The number of hydrogen-bond donors (Lipinski definition) is 1. The van der Waals surface area contributed by atoms with E-state index in [1.54, 1.807) is 12.3 Å². The van der Waals surface area contributed by atoms with Gasteiger partial charge in [0.2, 0.25) is 0 Å². The second kappa shape index (κ2) is 2.90. The summed E-state index contributed by atoms with van der Waals surface area (Å²) in [7, 11) is 0. The lowest BCUT2D eigenvalue weighted by atomic mass is 10.1. The zero-order chi connectivity index (χ0) is 11.1. The summed E-state index contributed by atoms with van der Waals surface area (Å²) in [5.41, 5.74) is 0.666. The molecule has 0 saturated heterocycles. The third-order valence-electron chi connectivity index (χ3n) is 2.38. The molecule has 16 heavy (non-hydrogen) atoms. The fourth-order valence-corrected chi connectivity index (χ4v) is 1.69. The van der Waals surface area contributed by atoms with Crippen LogP contribution < -0.4 is 5.63 Å². The van der Waals surface area contributed by atoms with Gasteiger partial charge in [-0.2, -0.15) is 10.4 Å². The first kappa shape index (κ1) is 8.61. The molecule has 1 aromatic carbocycles. The summed E-state index contributed by atoms with van der Waals surface area (Å²) in [5, 5.41) is 16.4. The van der Waals surface area contributed by atoms with E-state index in [4.69, 9.17) is 9.68 Å². The van der Waals surface area contributed by atoms with E-state index in [0.717, 1.165) is 6.39 Å². The number of nitrogens with one attached hydrogen (secondary N) is 1. The Morgan fingerprint density at radius 3 is 3.19 bits per heavy atom. The molecule has 0 saturated carbocycles. The Morgan fingerprint density at radius 1 is 1.50 bits per heavy atom. The average Bonchev–Trinajstić information content (AvgIpc) is 2.75. The molecule has 2 aromatic heterocycles. The van der Waals surface area contributed by atoms with Gasteiger partial charge in [0.1, 0.15) is 17.0 Å². The number of rotatable bonds is 0. The second-order valence-electron chi connectivity index (χ2n) is 3.23. The highest BCUT2D eigenvalue weighted by Crippen LogP contribution is 2.22. The highest BCUT2D eigenvalue weighted by molar-refractivity contribution is 6.05. The third kappa shape index (κ3) is 0.966. The van der Waals surface area contributed by atoms with E-state index >= 15 is 0 Å². The van der Waals surface area contributed by atoms with Crippen molar-refractivity contribution in [2.45, 2.75) is 0 Å². The smallest absolute Gasteiger partial charge is 0.348 e. The first-order chi connectivity index (χ1) is 7.81. The number of hydrogen-bond acceptors (Lipinski definition) is 5. The van der Waals surface area contributed by atoms with Crippen molar-refractivity contribution in [2.75, 3.05) is 0 Å². The summed E-state index contributed by atoms with van der Waals surface area (Å²) in [4.78, 5) is 15.5. The quantitative estimate of drug-likeness (QED) is 0.598. The lowest BCUT2D eigenvalue weighted by molar-refractivity contribution is 0.501. The molecule has 6 nitrogen and oxygen atoms in total. The molecule has 0 atom stereocenters. The van der Waals surface area contributed by atoms with Crippen LogP contribution in [-0.2, 0) is 0 Å². The summed E-state index contributed by atoms with van der Waals surface area (Å²) >= 11 is 0. The molecule has 3 aromatic rings. The number of aromatic nitrogens is 3. The molecule has 76 valence electrons. The molecule has 0 amide bonds. The molecule has 1 N–H and O–H groups in total. The molecule has 0 aliphatic heterocycles. The maximum Gasteiger partial charge on any atom is 0.348 e. The predicted octanol–water partition coefficient (Wildman–Crippen LogP) is 0.936. The molecular weight excluding hydrogens is 208 g/mol. The Morgan fingerprint density at radius 2 is 2.38 bits per heavy atom. The van der Waals surface area contributed by atoms with Crippen molar-refractivity contribution in [3.05, 3.63) is 34.6 Å². The summed E-state index contributed by atoms with van der Waals surface area (Å²) in [5.74, 6) is 0. The second-order valence-corrected chi connectivity index (χ2v) is 3.23. The molecule has 2 heterocycles. The van der Waals surface area contributed by atoms with Gasteiger partial charge in [-0.3, -0.25) is 5.10 Å². The highest BCUT2D eigenvalue weighted by Gasteiger charge is 2.12. The summed E-state index contributed by atoms with van der Waals surface area (Å²) in [6.45, 7) is 0. The number of nitriles is 1. The zero-order valence-electron chi connectivity index (χ0n) is 7.89. The minimum absolute atomic E-state index is 0.258. The summed E-state index contributed by atoms with van der Waals surface area (Å²) in [6, 6.07) is 3.63. The molecule has 0 radical (unpaired) electrons. The molecule has 6 heteroatoms. The molecule has 0 fully saturated rings. The lowest BCUT2D eigenvalue weighted by Gasteiger charge is -1.98. The fraction of sp³-hybridized carbons (Fsp3) is 0. The predicted molar refractivity (Wildman–Crippen MR) is 54.6 cm³/mol. The Hall–Kier alpha value is -2.68. The fourth-order valence-electron chi connectivity index (χ4n) is 1.69. The van der Waals surface area contributed by atoms with Gasteiger partial charge in [-0.05, 0) is 6.07 Å². The van der Waals surface area contributed by atoms with Gasteiger partial charge in [-0.1, -0.05) is 0 Å². The zero-order valence-corrected chi connectivity index (χ0v) is 7.89. The van der Waals surface area contributed by atoms with Crippen LogP contribution in [0.4, 0.5) is 0 Å². The molecule has 3 rings (SSSR count). The van der Waals surface area contributed by atoms with Crippen molar-refractivity contribution in [3.8, 4) is 6.07 Å². The Balaban J connectivity index is 2.75. The Kier molecular flexibility index (Phi) is 1.56. The number of H-pyrrole nitrogens is 1. The average molecular weight is 212 g/mol. The molecular formula is C10H4N4O2. The first-order valence-corrected chi connectivity index (χ1v) is 4.45. The van der Waals surface area contributed by atoms with Crippen molar-refractivity contribution in [1.29, 1.82) is 5.26 Å². The van der Waals surface area contributed by atoms with Gasteiger partial charge in [0.05, 0.1) is 17.3 Å². The minimum atomic E-state index is -0.531. The van der Waals surface area contributed by atoms with Crippen LogP contribution in [0, 0.1) is 11.3 Å². The normalized spacial score (nSPS) is 10.7. The van der Waals surface area contributed by atoms with Gasteiger partial charge in [-0.15, -0.1) is 0 Å². The number of benzene rings is 1. The van der Waals surface area contributed by atoms with Crippen molar-refractivity contribution in [1.82, 2.24) is 15.2 Å². The van der Waals surface area contributed by atoms with Crippen LogP contribution in [-0.4, -0.2) is 15.2 Å². The number of aromatic amines is 1. The van der Waals surface area contributed by atoms with Crippen molar-refractivity contribution >= 4 is 21.8 Å². The number of fused-ring (bicyclic) bond motifs is 3. The summed E-state index contributed by atoms with van der Waals surface area (Å²) in [6.07, 6.45) is 2.58. The highest BCUT2D eigenvalue weighted by atomic mass is 16.4. The van der Waals surface area contributed by atoms with E-state index in [1.807, 2.05) is 6.07 Å². The van der Waals surface area contributed by atoms with Crippen LogP contribution in [0.25, 0.3) is 21.8 Å². The van der Waals surface area contributed by atoms with Crippen LogP contribution in [0.2, 0.25) is 0 Å². The molecule has 0 spiro atoms. The molecule has 0 unspecified atom stereocenters. The van der Waals surface area contributed by atoms with E-state index in [-0.39, 0.29) is 5.39 Å². The van der Waals surface area contributed by atoms with Crippen molar-refractivity contribution in [3.63, 3.8) is 0 Å². The van der Waals surface area contributed by atoms with E-state index < -0.39 is 5.63 Å². The van der Waals surface area contributed by atoms with Gasteiger partial charge in [-0.25, -0.2) is 9.78 Å². The molecule has 0 aliphatic rings. The largest absolute Gasteiger partial charge is 0.411 e. The van der Waals surface area contributed by atoms with Gasteiger partial charge >= 0.3 is 5.63 Å². The summed E-state index contributed by atoms with van der Waals surface area (Å²) < 4.78 is 4.69. The van der Waals surface area contributed by atoms with Gasteiger partial charge in [0, 0.05) is 5.39 Å². The van der Waals surface area contributed by atoms with E-state index in [9.17, 15) is 4.79 Å². The van der Waals surface area contributed by atoms with Crippen LogP contribution in [0.15, 0.2) is 27.9 Å². The van der Waals surface area contributed by atoms with Crippen LogP contribution >= 0.6 is 0 Å². The van der Waals surface area contributed by atoms with Gasteiger partial charge in [0.15, 0.2) is 6.39 Å². The van der Waals surface area contributed by atoms with Crippen LogP contribution in [0.3, 0.4) is 0 Å².